The fourth-order valence-electron chi connectivity index (χ4n) is 5.85. The lowest BCUT2D eigenvalue weighted by Gasteiger charge is -2.28. The maximum atomic E-state index is 12.8. The number of esters is 5. The van der Waals surface area contributed by atoms with Crippen molar-refractivity contribution in [3.05, 3.63) is 150 Å². The summed E-state index contributed by atoms with van der Waals surface area (Å²) in [5, 5.41) is 0. The zero-order chi connectivity index (χ0) is 47.4. The summed E-state index contributed by atoms with van der Waals surface area (Å²) >= 11 is 0. The third-order valence-corrected chi connectivity index (χ3v) is 9.83. The van der Waals surface area contributed by atoms with Gasteiger partial charge in [-0.3, -0.25) is 0 Å². The first-order chi connectivity index (χ1) is 31.0. The van der Waals surface area contributed by atoms with Crippen LogP contribution in [0.4, 0.5) is 0 Å². The Labute approximate surface area is 381 Å². The molecule has 0 aliphatic carbocycles. The molecule has 0 N–H and O–H groups in total. The van der Waals surface area contributed by atoms with Crippen LogP contribution in [0.25, 0.3) is 17.2 Å². The van der Waals surface area contributed by atoms with Gasteiger partial charge in [-0.05, 0) is 143 Å². The first kappa shape index (κ1) is 50.4. The van der Waals surface area contributed by atoms with E-state index in [9.17, 15) is 24.0 Å². The van der Waals surface area contributed by atoms with Crippen molar-refractivity contribution in [2.45, 2.75) is 66.7 Å². The first-order valence-electron chi connectivity index (χ1n) is 21.3. The van der Waals surface area contributed by atoms with Crippen molar-refractivity contribution in [2.75, 3.05) is 33.0 Å². The third kappa shape index (κ3) is 17.5. The topological polar surface area (TPSA) is 150 Å². The van der Waals surface area contributed by atoms with Crippen molar-refractivity contribution in [1.29, 1.82) is 0 Å². The van der Waals surface area contributed by atoms with Crippen LogP contribution in [0.3, 0.4) is 0 Å². The molecule has 12 heteroatoms. The Morgan fingerprint density at radius 1 is 0.569 bits per heavy atom. The number of ether oxygens (including phenoxy) is 7. The molecule has 0 saturated carbocycles. The summed E-state index contributed by atoms with van der Waals surface area (Å²) in [4.78, 5) is 61.0. The summed E-state index contributed by atoms with van der Waals surface area (Å²) in [5.41, 5.74) is 3.92. The molecular formula is C53H58O12. The van der Waals surface area contributed by atoms with Gasteiger partial charge in [0.2, 0.25) is 0 Å². The van der Waals surface area contributed by atoms with Crippen LogP contribution in [0.2, 0.25) is 0 Å². The molecule has 0 aromatic heterocycles. The lowest BCUT2D eigenvalue weighted by atomic mass is 9.89. The second kappa shape index (κ2) is 25.2. The van der Waals surface area contributed by atoms with E-state index in [0.29, 0.717) is 59.3 Å². The number of hydrogen-bond acceptors (Lipinski definition) is 12. The minimum absolute atomic E-state index is 0.0185. The van der Waals surface area contributed by atoms with Gasteiger partial charge in [0.15, 0.2) is 0 Å². The molecule has 0 spiro atoms. The van der Waals surface area contributed by atoms with E-state index >= 15 is 0 Å². The van der Waals surface area contributed by atoms with Crippen LogP contribution in [0, 0.1) is 12.3 Å². The van der Waals surface area contributed by atoms with E-state index in [0.717, 1.165) is 42.4 Å². The van der Waals surface area contributed by atoms with E-state index in [1.54, 1.807) is 76.2 Å². The van der Waals surface area contributed by atoms with E-state index in [2.05, 4.69) is 19.7 Å². The smallest absolute Gasteiger partial charge is 0.343 e. The summed E-state index contributed by atoms with van der Waals surface area (Å²) < 4.78 is 38.8. The van der Waals surface area contributed by atoms with Gasteiger partial charge in [-0.25, -0.2) is 24.0 Å². The second-order valence-electron chi connectivity index (χ2n) is 16.0. The lowest BCUT2D eigenvalue weighted by Crippen LogP contribution is -2.33. The van der Waals surface area contributed by atoms with Gasteiger partial charge < -0.3 is 33.2 Å². The number of rotatable bonds is 25. The molecule has 342 valence electrons. The maximum absolute atomic E-state index is 12.8. The van der Waals surface area contributed by atoms with Gasteiger partial charge in [0, 0.05) is 28.2 Å². The number of aryl methyl sites for hydroxylation is 1. The Morgan fingerprint density at radius 3 is 1.62 bits per heavy atom. The molecule has 0 fully saturated rings. The van der Waals surface area contributed by atoms with Gasteiger partial charge >= 0.3 is 29.8 Å². The number of benzene rings is 4. The minimum atomic E-state index is -0.699. The number of carbonyl (C=O) groups is 5. The molecule has 0 heterocycles. The Hall–Kier alpha value is -7.21. The third-order valence-electron chi connectivity index (χ3n) is 9.83. The predicted molar refractivity (Wildman–Crippen MR) is 249 cm³/mol. The molecule has 4 rings (SSSR count). The number of hydrogen-bond donors (Lipinski definition) is 0. The Balaban J connectivity index is 1.20. The molecule has 0 saturated heterocycles. The normalized spacial score (nSPS) is 11.0. The van der Waals surface area contributed by atoms with Crippen LogP contribution >= 0.6 is 0 Å². The van der Waals surface area contributed by atoms with E-state index in [4.69, 9.17) is 33.2 Å². The highest BCUT2D eigenvalue weighted by Gasteiger charge is 2.29. The second-order valence-corrected chi connectivity index (χ2v) is 16.0. The van der Waals surface area contributed by atoms with Crippen molar-refractivity contribution >= 4 is 35.9 Å². The molecular weight excluding hydrogens is 829 g/mol. The van der Waals surface area contributed by atoms with E-state index in [1.165, 1.54) is 6.08 Å². The molecule has 4 aromatic rings. The summed E-state index contributed by atoms with van der Waals surface area (Å²) in [5.74, 6) is -0.598. The van der Waals surface area contributed by atoms with Crippen LogP contribution in [-0.2, 0) is 33.4 Å². The van der Waals surface area contributed by atoms with Gasteiger partial charge in [0.25, 0.3) is 0 Å². The lowest BCUT2D eigenvalue weighted by molar-refractivity contribution is -0.149. The van der Waals surface area contributed by atoms with Gasteiger partial charge in [-0.2, -0.15) is 0 Å². The fourth-order valence-corrected chi connectivity index (χ4v) is 5.85. The first-order valence-corrected chi connectivity index (χ1v) is 21.3. The molecule has 0 atom stereocenters. The Bertz CT molecular complexity index is 2310. The quantitative estimate of drug-likeness (QED) is 0.0205. The monoisotopic (exact) mass is 886 g/mol. The van der Waals surface area contributed by atoms with Crippen LogP contribution in [0.5, 0.6) is 23.0 Å². The van der Waals surface area contributed by atoms with Crippen molar-refractivity contribution in [3.8, 4) is 34.1 Å². The van der Waals surface area contributed by atoms with Gasteiger partial charge in [-0.15, -0.1) is 0 Å². The van der Waals surface area contributed by atoms with Crippen molar-refractivity contribution < 1.29 is 57.1 Å². The molecule has 65 heavy (non-hydrogen) atoms. The molecule has 0 unspecified atom stereocenters. The van der Waals surface area contributed by atoms with E-state index in [1.807, 2.05) is 55.5 Å². The number of carbonyl (C=O) groups excluding carboxylic acids is 5. The molecule has 0 aliphatic heterocycles. The van der Waals surface area contributed by atoms with Crippen LogP contribution in [0.1, 0.15) is 81.3 Å². The van der Waals surface area contributed by atoms with Crippen LogP contribution in [-0.4, -0.2) is 62.9 Å². The largest absolute Gasteiger partial charge is 0.494 e. The van der Waals surface area contributed by atoms with Crippen molar-refractivity contribution in [3.63, 3.8) is 0 Å². The maximum Gasteiger partial charge on any atom is 0.343 e. The summed E-state index contributed by atoms with van der Waals surface area (Å²) in [6, 6.07) is 26.7. The number of unbranched alkanes of at least 4 members (excludes halogenated alkanes) is 3. The molecule has 0 bridgehead atoms. The van der Waals surface area contributed by atoms with E-state index < -0.39 is 29.3 Å². The summed E-state index contributed by atoms with van der Waals surface area (Å²) in [7, 11) is 0. The van der Waals surface area contributed by atoms with Crippen LogP contribution in [0.15, 0.2) is 134 Å². The highest BCUT2D eigenvalue weighted by molar-refractivity contribution is 5.92. The van der Waals surface area contributed by atoms with Gasteiger partial charge in [-0.1, -0.05) is 63.1 Å². The molecule has 12 nitrogen and oxygen atoms in total. The average Bonchev–Trinajstić information content (AvgIpc) is 3.29. The predicted octanol–water partition coefficient (Wildman–Crippen LogP) is 10.6. The zero-order valence-corrected chi connectivity index (χ0v) is 37.9. The van der Waals surface area contributed by atoms with Crippen LogP contribution < -0.4 is 18.9 Å². The Kier molecular flexibility index (Phi) is 19.5. The SMILES string of the molecule is C=C(C)C(=O)OCCCCCCOc1ccc(C(=O)Oc2ccc(OC(=O)/C=C/c3ccc(-c4ccc(OCCC(C)(COC(=O)C(=C)C)COC(=O)C(=C)C)cc4)cc3)c(C)c2)cc1. The average molecular weight is 887 g/mol. The summed E-state index contributed by atoms with van der Waals surface area (Å²) in [6.07, 6.45) is 6.91. The Morgan fingerprint density at radius 2 is 1.06 bits per heavy atom. The van der Waals surface area contributed by atoms with Gasteiger partial charge in [0.05, 0.1) is 25.4 Å². The zero-order valence-electron chi connectivity index (χ0n) is 37.9. The molecule has 0 amide bonds. The molecule has 0 radical (unpaired) electrons. The van der Waals surface area contributed by atoms with Crippen molar-refractivity contribution in [1.82, 2.24) is 0 Å². The minimum Gasteiger partial charge on any atom is -0.494 e. The summed E-state index contributed by atoms with van der Waals surface area (Å²) in [6.45, 7) is 20.4. The molecule has 0 aliphatic rings. The fraction of sp³-hybridized carbons (Fsp3) is 0.302. The molecule has 4 aromatic carbocycles. The highest BCUT2D eigenvalue weighted by atomic mass is 16.6. The van der Waals surface area contributed by atoms with Crippen molar-refractivity contribution in [2.24, 2.45) is 5.41 Å². The van der Waals surface area contributed by atoms with Gasteiger partial charge in [0.1, 0.15) is 36.2 Å². The standard InChI is InChI=1S/C53H58O12/c1-36(2)49(55)61-31-12-10-9-11-30-59-44-24-20-43(21-25-44)52(58)64-46-26-27-47(39(7)33-46)65-48(54)28-15-40-13-16-41(17-14-40)42-18-22-45(23-19-42)60-32-29-53(8,34-62-50(56)37(3)4)35-63-51(57)38(5)6/h13-28,33H,1,3,5,9-12,29-32,34-35H2,2,4,6-8H3/b28-15+. The highest BCUT2D eigenvalue weighted by Crippen LogP contribution is 2.28. The van der Waals surface area contributed by atoms with E-state index in [-0.39, 0.29) is 36.9 Å².